The van der Waals surface area contributed by atoms with Crippen LogP contribution in [0.4, 0.5) is 0 Å². The van der Waals surface area contributed by atoms with Gasteiger partial charge in [-0.15, -0.1) is 0 Å². The third-order valence-electron chi connectivity index (χ3n) is 3.99. The normalized spacial score (nSPS) is 12.6. The Hall–Kier alpha value is -1.86. The molecular weight excluding hydrogens is 268 g/mol. The molecule has 0 atom stereocenters. The fourth-order valence-corrected chi connectivity index (χ4v) is 3.56. The van der Waals surface area contributed by atoms with Gasteiger partial charge in [-0.2, -0.15) is 0 Å². The maximum atomic E-state index is 2.44. The van der Waals surface area contributed by atoms with Crippen molar-refractivity contribution >= 4 is 35.7 Å². The van der Waals surface area contributed by atoms with Crippen LogP contribution in [0.5, 0.6) is 0 Å². The van der Waals surface area contributed by atoms with E-state index in [1.54, 1.807) is 0 Å². The van der Waals surface area contributed by atoms with E-state index in [0.29, 0.717) is 0 Å². The summed E-state index contributed by atoms with van der Waals surface area (Å²) < 4.78 is 0. The van der Waals surface area contributed by atoms with Crippen molar-refractivity contribution in [1.82, 2.24) is 0 Å². The van der Waals surface area contributed by atoms with Crippen molar-refractivity contribution in [3.05, 3.63) is 65.4 Å². The van der Waals surface area contributed by atoms with Gasteiger partial charge in [0.25, 0.3) is 0 Å². The summed E-state index contributed by atoms with van der Waals surface area (Å²) in [5.41, 5.74) is 5.19. The van der Waals surface area contributed by atoms with Gasteiger partial charge >= 0.3 is 0 Å². The standard InChI is InChI=1S/C20H22Si/c1-15-16-9-5-7-11-18(16)20(13-14-21(2,3)4)19-12-8-6-10-17(15)19/h5-14H,1-4H3/b14-13+. The molecule has 0 amide bonds. The molecule has 1 heteroatoms. The van der Waals surface area contributed by atoms with Gasteiger partial charge in [0.15, 0.2) is 0 Å². The molecule has 0 radical (unpaired) electrons. The molecule has 0 N–H and O–H groups in total. The van der Waals surface area contributed by atoms with Crippen molar-refractivity contribution in [2.24, 2.45) is 0 Å². The summed E-state index contributed by atoms with van der Waals surface area (Å²) in [6.07, 6.45) is 2.36. The predicted octanol–water partition coefficient (Wildman–Crippen LogP) is 6.19. The van der Waals surface area contributed by atoms with Crippen LogP contribution in [0.1, 0.15) is 11.1 Å². The molecule has 3 rings (SSSR count). The Morgan fingerprint density at radius 1 is 0.714 bits per heavy atom. The van der Waals surface area contributed by atoms with E-state index < -0.39 is 8.07 Å². The van der Waals surface area contributed by atoms with Gasteiger partial charge in [0.1, 0.15) is 0 Å². The van der Waals surface area contributed by atoms with E-state index in [4.69, 9.17) is 0 Å². The highest BCUT2D eigenvalue weighted by atomic mass is 28.3. The smallest absolute Gasteiger partial charge is 0.0687 e. The molecular formula is C20H22Si. The van der Waals surface area contributed by atoms with E-state index in [1.165, 1.54) is 32.7 Å². The molecule has 3 aromatic rings. The Morgan fingerprint density at radius 3 is 1.57 bits per heavy atom. The van der Waals surface area contributed by atoms with Gasteiger partial charge < -0.3 is 0 Å². The molecule has 0 aromatic heterocycles. The van der Waals surface area contributed by atoms with Gasteiger partial charge in [-0.3, -0.25) is 0 Å². The predicted molar refractivity (Wildman–Crippen MR) is 98.6 cm³/mol. The molecule has 106 valence electrons. The van der Waals surface area contributed by atoms with E-state index in [1.807, 2.05) is 0 Å². The first-order chi connectivity index (χ1) is 9.97. The van der Waals surface area contributed by atoms with Crippen LogP contribution in [0.2, 0.25) is 19.6 Å². The molecule has 0 unspecified atom stereocenters. The Kier molecular flexibility index (Phi) is 3.46. The van der Waals surface area contributed by atoms with Crippen molar-refractivity contribution in [1.29, 1.82) is 0 Å². The zero-order valence-electron chi connectivity index (χ0n) is 13.3. The summed E-state index contributed by atoms with van der Waals surface area (Å²) in [6.45, 7) is 9.36. The first-order valence-electron chi connectivity index (χ1n) is 7.57. The zero-order chi connectivity index (χ0) is 15.0. The van der Waals surface area contributed by atoms with Crippen molar-refractivity contribution < 1.29 is 0 Å². The van der Waals surface area contributed by atoms with Gasteiger partial charge in [-0.25, -0.2) is 0 Å². The highest BCUT2D eigenvalue weighted by Gasteiger charge is 2.11. The van der Waals surface area contributed by atoms with Crippen LogP contribution in [0.3, 0.4) is 0 Å². The lowest BCUT2D eigenvalue weighted by molar-refractivity contribution is 1.57. The molecule has 0 aliphatic rings. The first kappa shape index (κ1) is 14.1. The zero-order valence-corrected chi connectivity index (χ0v) is 14.3. The minimum Gasteiger partial charge on any atom is -0.0944 e. The van der Waals surface area contributed by atoms with Crippen LogP contribution in [-0.4, -0.2) is 8.07 Å². The monoisotopic (exact) mass is 290 g/mol. The largest absolute Gasteiger partial charge is 0.0944 e. The molecule has 0 heterocycles. The van der Waals surface area contributed by atoms with Crippen LogP contribution < -0.4 is 0 Å². The van der Waals surface area contributed by atoms with Crippen molar-refractivity contribution in [2.75, 3.05) is 0 Å². The number of hydrogen-bond acceptors (Lipinski definition) is 0. The summed E-state index contributed by atoms with van der Waals surface area (Å²) in [6, 6.07) is 17.5. The Balaban J connectivity index is 2.43. The Labute approximate surface area is 128 Å². The Bertz CT molecular complexity index is 778. The highest BCUT2D eigenvalue weighted by molar-refractivity contribution is 6.81. The second kappa shape index (κ2) is 5.16. The van der Waals surface area contributed by atoms with Crippen LogP contribution >= 0.6 is 0 Å². The van der Waals surface area contributed by atoms with Crippen LogP contribution in [-0.2, 0) is 0 Å². The van der Waals surface area contributed by atoms with Gasteiger partial charge in [-0.1, -0.05) is 79.9 Å². The molecule has 21 heavy (non-hydrogen) atoms. The third-order valence-corrected chi connectivity index (χ3v) is 5.16. The number of fused-ring (bicyclic) bond motifs is 2. The summed E-state index contributed by atoms with van der Waals surface area (Å²) in [5, 5.41) is 5.46. The maximum Gasteiger partial charge on any atom is 0.0687 e. The molecule has 0 saturated heterocycles. The minimum atomic E-state index is -1.21. The van der Waals surface area contributed by atoms with E-state index in [-0.39, 0.29) is 0 Å². The summed E-state index contributed by atoms with van der Waals surface area (Å²) >= 11 is 0. The fourth-order valence-electron chi connectivity index (χ4n) is 2.89. The van der Waals surface area contributed by atoms with E-state index >= 15 is 0 Å². The van der Waals surface area contributed by atoms with Crippen molar-refractivity contribution in [3.63, 3.8) is 0 Å². The topological polar surface area (TPSA) is 0 Å². The molecule has 0 saturated carbocycles. The molecule has 0 nitrogen and oxygen atoms in total. The van der Waals surface area contributed by atoms with E-state index in [9.17, 15) is 0 Å². The van der Waals surface area contributed by atoms with Crippen molar-refractivity contribution in [3.8, 4) is 0 Å². The number of aryl methyl sites for hydroxylation is 1. The van der Waals surface area contributed by atoms with Gasteiger partial charge in [0.2, 0.25) is 0 Å². The van der Waals surface area contributed by atoms with Crippen molar-refractivity contribution in [2.45, 2.75) is 26.6 Å². The summed E-state index contributed by atoms with van der Waals surface area (Å²) in [4.78, 5) is 0. The lowest BCUT2D eigenvalue weighted by Crippen LogP contribution is -2.15. The molecule has 0 aliphatic carbocycles. The first-order valence-corrected chi connectivity index (χ1v) is 11.1. The average Bonchev–Trinajstić information content (AvgIpc) is 2.46. The second-order valence-corrected chi connectivity index (χ2v) is 11.9. The maximum absolute atomic E-state index is 2.44. The van der Waals surface area contributed by atoms with Gasteiger partial charge in [0.05, 0.1) is 8.07 Å². The SMILES string of the molecule is Cc1c2ccccc2c(/C=C/[Si](C)(C)C)c2ccccc12. The van der Waals surface area contributed by atoms with Crippen LogP contribution in [0.15, 0.2) is 54.2 Å². The molecule has 0 fully saturated rings. The Morgan fingerprint density at radius 2 is 1.14 bits per heavy atom. The quantitative estimate of drug-likeness (QED) is 0.390. The fraction of sp³-hybridized carbons (Fsp3) is 0.200. The lowest BCUT2D eigenvalue weighted by atomic mass is 9.92. The molecule has 3 aromatic carbocycles. The second-order valence-electron chi connectivity index (χ2n) is 6.83. The van der Waals surface area contributed by atoms with Crippen LogP contribution in [0, 0.1) is 6.92 Å². The number of hydrogen-bond donors (Lipinski definition) is 0. The number of benzene rings is 3. The van der Waals surface area contributed by atoms with Gasteiger partial charge in [0, 0.05) is 0 Å². The van der Waals surface area contributed by atoms with E-state index in [2.05, 4.69) is 86.9 Å². The third kappa shape index (κ3) is 2.66. The van der Waals surface area contributed by atoms with Crippen LogP contribution in [0.25, 0.3) is 27.6 Å². The van der Waals surface area contributed by atoms with Gasteiger partial charge in [-0.05, 0) is 39.6 Å². The highest BCUT2D eigenvalue weighted by Crippen LogP contribution is 2.33. The number of rotatable bonds is 2. The molecule has 0 bridgehead atoms. The summed E-state index contributed by atoms with van der Waals surface area (Å²) in [7, 11) is -1.21. The molecule has 0 aliphatic heterocycles. The lowest BCUT2D eigenvalue weighted by Gasteiger charge is -2.14. The minimum absolute atomic E-state index is 1.21. The molecule has 0 spiro atoms. The summed E-state index contributed by atoms with van der Waals surface area (Å²) in [5.74, 6) is 0. The van der Waals surface area contributed by atoms with E-state index in [0.717, 1.165) is 0 Å². The average molecular weight is 290 g/mol.